The molecule has 1 aromatic carbocycles. The van der Waals surface area contributed by atoms with E-state index in [1.807, 2.05) is 12.1 Å². The molecule has 19 heavy (non-hydrogen) atoms. The first-order valence-corrected chi connectivity index (χ1v) is 6.95. The first-order chi connectivity index (χ1) is 9.35. The molecule has 0 aromatic heterocycles. The van der Waals surface area contributed by atoms with Crippen molar-refractivity contribution in [2.75, 3.05) is 26.9 Å². The Morgan fingerprint density at radius 2 is 2.21 bits per heavy atom. The first kappa shape index (κ1) is 12.9. The van der Waals surface area contributed by atoms with Crippen LogP contribution in [-0.2, 0) is 9.47 Å². The smallest absolute Gasteiger partial charge is 0.119 e. The van der Waals surface area contributed by atoms with E-state index in [2.05, 4.69) is 17.4 Å². The number of nitrogens with one attached hydrogen (secondary N) is 1. The van der Waals surface area contributed by atoms with Crippen molar-refractivity contribution in [3.05, 3.63) is 29.8 Å². The summed E-state index contributed by atoms with van der Waals surface area (Å²) in [5.74, 6) is 0.877. The average molecular weight is 263 g/mol. The number of hydrogen-bond donors (Lipinski definition) is 1. The maximum absolute atomic E-state index is 6.11. The van der Waals surface area contributed by atoms with Crippen LogP contribution in [0.5, 0.6) is 5.75 Å². The fourth-order valence-electron chi connectivity index (χ4n) is 2.17. The molecular weight excluding hydrogens is 242 g/mol. The fraction of sp³-hybridized carbons (Fsp3) is 0.600. The van der Waals surface area contributed by atoms with E-state index in [1.165, 1.54) is 18.4 Å². The van der Waals surface area contributed by atoms with Gasteiger partial charge in [0.05, 0.1) is 26.4 Å². The van der Waals surface area contributed by atoms with Gasteiger partial charge in [0.1, 0.15) is 11.9 Å². The van der Waals surface area contributed by atoms with Crippen LogP contribution in [0.2, 0.25) is 0 Å². The Hall–Kier alpha value is -1.10. The largest absolute Gasteiger partial charge is 0.497 e. The van der Waals surface area contributed by atoms with Crippen molar-refractivity contribution in [2.45, 2.75) is 31.1 Å². The molecule has 1 saturated heterocycles. The Labute approximate surface area is 114 Å². The van der Waals surface area contributed by atoms with Crippen LogP contribution in [0.25, 0.3) is 0 Å². The van der Waals surface area contributed by atoms with Gasteiger partial charge >= 0.3 is 0 Å². The van der Waals surface area contributed by atoms with Crippen molar-refractivity contribution >= 4 is 0 Å². The summed E-state index contributed by atoms with van der Waals surface area (Å²) in [6.07, 6.45) is 2.89. The van der Waals surface area contributed by atoms with Gasteiger partial charge in [0, 0.05) is 12.6 Å². The molecule has 1 aliphatic carbocycles. The Bertz CT molecular complexity index is 416. The summed E-state index contributed by atoms with van der Waals surface area (Å²) < 4.78 is 16.6. The van der Waals surface area contributed by atoms with Gasteiger partial charge in [0.15, 0.2) is 0 Å². The van der Waals surface area contributed by atoms with E-state index >= 15 is 0 Å². The lowest BCUT2D eigenvalue weighted by Gasteiger charge is -2.31. The highest BCUT2D eigenvalue weighted by Gasteiger charge is 2.27. The van der Waals surface area contributed by atoms with Crippen LogP contribution in [0.15, 0.2) is 24.3 Å². The van der Waals surface area contributed by atoms with Crippen molar-refractivity contribution in [3.8, 4) is 5.75 Å². The molecule has 1 unspecified atom stereocenters. The van der Waals surface area contributed by atoms with Gasteiger partial charge < -0.3 is 19.5 Å². The minimum absolute atomic E-state index is 0.0737. The maximum Gasteiger partial charge on any atom is 0.119 e. The van der Waals surface area contributed by atoms with E-state index in [1.54, 1.807) is 7.11 Å². The number of benzene rings is 1. The molecule has 1 aromatic rings. The maximum atomic E-state index is 6.11. The predicted molar refractivity (Wildman–Crippen MR) is 72.5 cm³/mol. The van der Waals surface area contributed by atoms with Crippen LogP contribution in [0.4, 0.5) is 0 Å². The monoisotopic (exact) mass is 263 g/mol. The molecule has 4 heteroatoms. The van der Waals surface area contributed by atoms with Gasteiger partial charge in [-0.1, -0.05) is 12.1 Å². The van der Waals surface area contributed by atoms with Gasteiger partial charge in [0.2, 0.25) is 0 Å². The molecule has 3 rings (SSSR count). The second kappa shape index (κ2) is 5.90. The van der Waals surface area contributed by atoms with Crippen molar-refractivity contribution in [1.82, 2.24) is 5.32 Å². The quantitative estimate of drug-likeness (QED) is 0.815. The van der Waals surface area contributed by atoms with Crippen molar-refractivity contribution in [1.29, 1.82) is 0 Å². The van der Waals surface area contributed by atoms with Gasteiger partial charge in [-0.25, -0.2) is 0 Å². The summed E-state index contributed by atoms with van der Waals surface area (Å²) >= 11 is 0. The van der Waals surface area contributed by atoms with Crippen molar-refractivity contribution in [2.24, 2.45) is 0 Å². The Kier molecular flexibility index (Phi) is 4.01. The number of ether oxygens (including phenoxy) is 3. The third-order valence-electron chi connectivity index (χ3n) is 3.60. The standard InChI is InChI=1S/C15H21NO3/c1-17-13-4-2-3-11(7-13)15(8-16-12-5-6-12)19-14-9-18-10-14/h2-4,7,12,14-16H,5-6,8-10H2,1H3. The topological polar surface area (TPSA) is 39.7 Å². The molecule has 0 amide bonds. The molecular formula is C15H21NO3. The number of hydrogen-bond acceptors (Lipinski definition) is 4. The Morgan fingerprint density at radius 3 is 2.84 bits per heavy atom. The second-order valence-corrected chi connectivity index (χ2v) is 5.24. The fourth-order valence-corrected chi connectivity index (χ4v) is 2.17. The van der Waals surface area contributed by atoms with Crippen molar-refractivity contribution in [3.63, 3.8) is 0 Å². The molecule has 1 saturated carbocycles. The first-order valence-electron chi connectivity index (χ1n) is 6.95. The molecule has 1 aliphatic heterocycles. The van der Waals surface area contributed by atoms with E-state index in [-0.39, 0.29) is 12.2 Å². The summed E-state index contributed by atoms with van der Waals surface area (Å²) in [6.45, 7) is 2.28. The summed E-state index contributed by atoms with van der Waals surface area (Å²) in [4.78, 5) is 0. The minimum atomic E-state index is 0.0737. The van der Waals surface area contributed by atoms with Gasteiger partial charge in [-0.05, 0) is 30.5 Å². The lowest BCUT2D eigenvalue weighted by atomic mass is 10.1. The van der Waals surface area contributed by atoms with Gasteiger partial charge in [-0.3, -0.25) is 0 Å². The third-order valence-corrected chi connectivity index (χ3v) is 3.60. The minimum Gasteiger partial charge on any atom is -0.497 e. The van der Waals surface area contributed by atoms with E-state index in [4.69, 9.17) is 14.2 Å². The lowest BCUT2D eigenvalue weighted by molar-refractivity contribution is -0.155. The van der Waals surface area contributed by atoms with E-state index < -0.39 is 0 Å². The van der Waals surface area contributed by atoms with Gasteiger partial charge in [-0.15, -0.1) is 0 Å². The lowest BCUT2D eigenvalue weighted by Crippen LogP contribution is -2.39. The molecule has 1 atom stereocenters. The van der Waals surface area contributed by atoms with Crippen molar-refractivity contribution < 1.29 is 14.2 Å². The normalized spacial score (nSPS) is 20.9. The zero-order chi connectivity index (χ0) is 13.1. The number of rotatable bonds is 7. The second-order valence-electron chi connectivity index (χ2n) is 5.24. The van der Waals surface area contributed by atoms with Crippen LogP contribution < -0.4 is 10.1 Å². The highest BCUT2D eigenvalue weighted by molar-refractivity contribution is 5.30. The van der Waals surface area contributed by atoms with E-state index in [0.717, 1.165) is 12.3 Å². The summed E-state index contributed by atoms with van der Waals surface area (Å²) in [5, 5.41) is 3.54. The molecule has 4 nitrogen and oxygen atoms in total. The van der Waals surface area contributed by atoms with Gasteiger partial charge in [0.25, 0.3) is 0 Å². The SMILES string of the molecule is COc1cccc(C(CNC2CC2)OC2COC2)c1. The average Bonchev–Trinajstić information content (AvgIpc) is 3.21. The van der Waals surface area contributed by atoms with Crippen LogP contribution in [0.1, 0.15) is 24.5 Å². The Balaban J connectivity index is 1.66. The van der Waals surface area contributed by atoms with Crippen LogP contribution in [0.3, 0.4) is 0 Å². The molecule has 104 valence electrons. The molecule has 1 heterocycles. The zero-order valence-electron chi connectivity index (χ0n) is 11.3. The molecule has 2 aliphatic rings. The Morgan fingerprint density at radius 1 is 1.37 bits per heavy atom. The van der Waals surface area contributed by atoms with Crippen LogP contribution >= 0.6 is 0 Å². The number of methoxy groups -OCH3 is 1. The van der Waals surface area contributed by atoms with E-state index in [0.29, 0.717) is 19.3 Å². The highest BCUT2D eigenvalue weighted by atomic mass is 16.6. The summed E-state index contributed by atoms with van der Waals surface area (Å²) in [7, 11) is 1.69. The summed E-state index contributed by atoms with van der Waals surface area (Å²) in [6, 6.07) is 8.81. The summed E-state index contributed by atoms with van der Waals surface area (Å²) in [5.41, 5.74) is 1.17. The zero-order valence-corrected chi connectivity index (χ0v) is 11.3. The molecule has 0 bridgehead atoms. The molecule has 0 spiro atoms. The van der Waals surface area contributed by atoms with Crippen LogP contribution in [-0.4, -0.2) is 39.0 Å². The third kappa shape index (κ3) is 3.47. The molecule has 1 N–H and O–H groups in total. The highest BCUT2D eigenvalue weighted by Crippen LogP contribution is 2.26. The van der Waals surface area contributed by atoms with Crippen LogP contribution in [0, 0.1) is 0 Å². The predicted octanol–water partition coefficient (Wildman–Crippen LogP) is 1.90. The van der Waals surface area contributed by atoms with E-state index in [9.17, 15) is 0 Å². The molecule has 0 radical (unpaired) electrons. The molecule has 2 fully saturated rings. The van der Waals surface area contributed by atoms with Gasteiger partial charge in [-0.2, -0.15) is 0 Å².